The summed E-state index contributed by atoms with van der Waals surface area (Å²) in [5.41, 5.74) is 0. The molecule has 1 aromatic rings. The van der Waals surface area contributed by atoms with Crippen LogP contribution in [-0.4, -0.2) is 39.0 Å². The van der Waals surface area contributed by atoms with Gasteiger partial charge in [0.25, 0.3) is 0 Å². The second-order valence-electron chi connectivity index (χ2n) is 4.11. The van der Waals surface area contributed by atoms with E-state index in [1.807, 2.05) is 11.6 Å². The molecule has 0 unspecified atom stereocenters. The fraction of sp³-hybridized carbons (Fsp3) is 0.700. The molecule has 0 radical (unpaired) electrons. The van der Waals surface area contributed by atoms with Gasteiger partial charge >= 0.3 is 0 Å². The smallest absolute Gasteiger partial charge is 0.146 e. The minimum atomic E-state index is 0.265. The maximum Gasteiger partial charge on any atom is 0.146 e. The largest absolute Gasteiger partial charge is 0.320 e. The molecule has 0 N–H and O–H groups in total. The Morgan fingerprint density at radius 1 is 1.53 bits per heavy atom. The minimum Gasteiger partial charge on any atom is -0.320 e. The van der Waals surface area contributed by atoms with E-state index in [-0.39, 0.29) is 5.92 Å². The van der Waals surface area contributed by atoms with Gasteiger partial charge in [-0.1, -0.05) is 0 Å². The van der Waals surface area contributed by atoms with E-state index in [2.05, 4.69) is 15.1 Å². The van der Waals surface area contributed by atoms with Gasteiger partial charge in [-0.15, -0.1) is 10.2 Å². The van der Waals surface area contributed by atoms with Gasteiger partial charge in [0.05, 0.1) is 6.54 Å². The van der Waals surface area contributed by atoms with Crippen LogP contribution in [0.2, 0.25) is 0 Å². The summed E-state index contributed by atoms with van der Waals surface area (Å²) in [6, 6.07) is 0. The highest BCUT2D eigenvalue weighted by Gasteiger charge is 2.19. The Bertz CT molecular complexity index is 328. The number of aryl methyl sites for hydroxylation is 1. The number of hydrogen-bond donors (Lipinski definition) is 0. The summed E-state index contributed by atoms with van der Waals surface area (Å²) in [5, 5.41) is 7.90. The molecule has 15 heavy (non-hydrogen) atoms. The van der Waals surface area contributed by atoms with Crippen LogP contribution < -0.4 is 0 Å². The van der Waals surface area contributed by atoms with Crippen molar-refractivity contribution in [2.45, 2.75) is 19.4 Å². The van der Waals surface area contributed by atoms with Crippen LogP contribution in [0.4, 0.5) is 0 Å². The number of rotatable bonds is 3. The first kappa shape index (κ1) is 10.3. The number of aromatic nitrogens is 3. The summed E-state index contributed by atoms with van der Waals surface area (Å²) < 4.78 is 1.94. The molecular formula is C10H16N4O. The molecule has 1 saturated heterocycles. The lowest BCUT2D eigenvalue weighted by Crippen LogP contribution is -2.34. The molecule has 0 aliphatic carbocycles. The Kier molecular flexibility index (Phi) is 3.11. The molecule has 0 amide bonds. The van der Waals surface area contributed by atoms with Gasteiger partial charge in [0, 0.05) is 13.0 Å². The van der Waals surface area contributed by atoms with Crippen molar-refractivity contribution in [2.75, 3.05) is 13.1 Å². The van der Waals surface area contributed by atoms with Crippen molar-refractivity contribution in [3.05, 3.63) is 12.2 Å². The highest BCUT2D eigenvalue weighted by atomic mass is 16.1. The third kappa shape index (κ3) is 2.41. The van der Waals surface area contributed by atoms with Crippen molar-refractivity contribution in [2.24, 2.45) is 13.0 Å². The summed E-state index contributed by atoms with van der Waals surface area (Å²) in [7, 11) is 1.95. The maximum absolute atomic E-state index is 10.6. The summed E-state index contributed by atoms with van der Waals surface area (Å²) in [6.45, 7) is 2.80. The van der Waals surface area contributed by atoms with Crippen LogP contribution in [-0.2, 0) is 18.4 Å². The molecule has 0 bridgehead atoms. The van der Waals surface area contributed by atoms with Crippen molar-refractivity contribution >= 4 is 6.29 Å². The van der Waals surface area contributed by atoms with Crippen LogP contribution in [0.3, 0.4) is 0 Å². The quantitative estimate of drug-likeness (QED) is 0.667. The third-order valence-corrected chi connectivity index (χ3v) is 2.99. The number of carbonyl (C=O) groups excluding carboxylic acids is 1. The zero-order chi connectivity index (χ0) is 10.7. The van der Waals surface area contributed by atoms with E-state index in [9.17, 15) is 4.79 Å². The topological polar surface area (TPSA) is 51.0 Å². The van der Waals surface area contributed by atoms with E-state index in [0.29, 0.717) is 0 Å². The van der Waals surface area contributed by atoms with Gasteiger partial charge in [-0.25, -0.2) is 0 Å². The average Bonchev–Trinajstić information content (AvgIpc) is 2.66. The van der Waals surface area contributed by atoms with Crippen LogP contribution in [0.5, 0.6) is 0 Å². The van der Waals surface area contributed by atoms with Gasteiger partial charge in [0.15, 0.2) is 0 Å². The fourth-order valence-electron chi connectivity index (χ4n) is 1.90. The zero-order valence-corrected chi connectivity index (χ0v) is 8.96. The minimum absolute atomic E-state index is 0.265. The zero-order valence-electron chi connectivity index (χ0n) is 8.96. The first-order chi connectivity index (χ1) is 7.29. The van der Waals surface area contributed by atoms with E-state index in [4.69, 9.17) is 0 Å². The van der Waals surface area contributed by atoms with Gasteiger partial charge in [-0.2, -0.15) is 0 Å². The lowest BCUT2D eigenvalue weighted by Gasteiger charge is -2.28. The Labute approximate surface area is 89.1 Å². The van der Waals surface area contributed by atoms with E-state index >= 15 is 0 Å². The Morgan fingerprint density at radius 3 is 2.80 bits per heavy atom. The van der Waals surface area contributed by atoms with Crippen LogP contribution in [0.15, 0.2) is 6.33 Å². The fourth-order valence-corrected chi connectivity index (χ4v) is 1.90. The SMILES string of the molecule is Cn1cnnc1CN1CCC(C=O)CC1. The van der Waals surface area contributed by atoms with Crippen LogP contribution >= 0.6 is 0 Å². The molecule has 0 saturated carbocycles. The Hall–Kier alpha value is -1.23. The first-order valence-electron chi connectivity index (χ1n) is 5.30. The van der Waals surface area contributed by atoms with Crippen molar-refractivity contribution in [3.63, 3.8) is 0 Å². The summed E-state index contributed by atoms with van der Waals surface area (Å²) in [6.07, 6.45) is 4.75. The lowest BCUT2D eigenvalue weighted by atomic mass is 9.99. The molecule has 0 atom stereocenters. The number of hydrogen-bond acceptors (Lipinski definition) is 4. The molecule has 5 heteroatoms. The van der Waals surface area contributed by atoms with E-state index in [1.165, 1.54) is 0 Å². The number of carbonyl (C=O) groups is 1. The van der Waals surface area contributed by atoms with Crippen molar-refractivity contribution < 1.29 is 4.79 Å². The number of likely N-dealkylation sites (tertiary alicyclic amines) is 1. The maximum atomic E-state index is 10.6. The Balaban J connectivity index is 1.87. The lowest BCUT2D eigenvalue weighted by molar-refractivity contribution is -0.112. The van der Waals surface area contributed by atoms with Gasteiger partial charge in [0.1, 0.15) is 18.4 Å². The molecule has 0 spiro atoms. The molecule has 1 aliphatic heterocycles. The van der Waals surface area contributed by atoms with Gasteiger partial charge in [-0.05, 0) is 25.9 Å². The van der Waals surface area contributed by atoms with Crippen LogP contribution in [0.1, 0.15) is 18.7 Å². The standard InChI is InChI=1S/C10H16N4O/c1-13-8-11-12-10(13)6-14-4-2-9(7-15)3-5-14/h7-9H,2-6H2,1H3. The predicted octanol–water partition coefficient (Wildman–Crippen LogP) is 0.226. The summed E-state index contributed by atoms with van der Waals surface area (Å²) in [5.74, 6) is 1.25. The van der Waals surface area contributed by atoms with Crippen molar-refractivity contribution in [1.29, 1.82) is 0 Å². The van der Waals surface area contributed by atoms with E-state index in [0.717, 1.165) is 44.6 Å². The van der Waals surface area contributed by atoms with Gasteiger partial charge in [-0.3, -0.25) is 4.90 Å². The highest BCUT2D eigenvalue weighted by molar-refractivity contribution is 5.53. The molecule has 2 rings (SSSR count). The van der Waals surface area contributed by atoms with Crippen molar-refractivity contribution in [3.8, 4) is 0 Å². The molecule has 82 valence electrons. The molecule has 0 aromatic carbocycles. The predicted molar refractivity (Wildman–Crippen MR) is 55.1 cm³/mol. The van der Waals surface area contributed by atoms with Crippen LogP contribution in [0, 0.1) is 5.92 Å². The monoisotopic (exact) mass is 208 g/mol. The number of aldehydes is 1. The Morgan fingerprint density at radius 2 is 2.27 bits per heavy atom. The van der Waals surface area contributed by atoms with Crippen LogP contribution in [0.25, 0.3) is 0 Å². The second-order valence-corrected chi connectivity index (χ2v) is 4.11. The third-order valence-electron chi connectivity index (χ3n) is 2.99. The van der Waals surface area contributed by atoms with Gasteiger partial charge in [0.2, 0.25) is 0 Å². The summed E-state index contributed by atoms with van der Waals surface area (Å²) in [4.78, 5) is 12.9. The first-order valence-corrected chi connectivity index (χ1v) is 5.30. The van der Waals surface area contributed by atoms with E-state index in [1.54, 1.807) is 6.33 Å². The van der Waals surface area contributed by atoms with Gasteiger partial charge < -0.3 is 9.36 Å². The highest BCUT2D eigenvalue weighted by Crippen LogP contribution is 2.16. The van der Waals surface area contributed by atoms with Crippen molar-refractivity contribution in [1.82, 2.24) is 19.7 Å². The van der Waals surface area contributed by atoms with E-state index < -0.39 is 0 Å². The molecular weight excluding hydrogens is 192 g/mol. The molecule has 1 aromatic heterocycles. The number of nitrogens with zero attached hydrogens (tertiary/aromatic N) is 4. The second kappa shape index (κ2) is 4.53. The molecule has 1 fully saturated rings. The molecule has 5 nitrogen and oxygen atoms in total. The average molecular weight is 208 g/mol. The summed E-state index contributed by atoms with van der Waals surface area (Å²) >= 11 is 0. The molecule has 1 aliphatic rings. The number of piperidine rings is 1. The normalized spacial score (nSPS) is 19.3. The molecule has 2 heterocycles.